The average molecular weight is 216 g/mol. The van der Waals surface area contributed by atoms with Crippen molar-refractivity contribution in [1.82, 2.24) is 4.98 Å². The molecule has 0 spiro atoms. The second-order valence-corrected chi connectivity index (χ2v) is 3.40. The Balaban J connectivity index is 2.69. The number of fused-ring (bicyclic) bond motifs is 1. The van der Waals surface area contributed by atoms with Gasteiger partial charge in [-0.3, -0.25) is 0 Å². The first kappa shape index (κ1) is 10.4. The molecule has 4 heteroatoms. The zero-order valence-corrected chi connectivity index (χ0v) is 8.60. The van der Waals surface area contributed by atoms with Gasteiger partial charge in [0.05, 0.1) is 0 Å². The maximum absolute atomic E-state index is 11.1. The number of aromatic nitrogens is 1. The van der Waals surface area contributed by atoms with Crippen LogP contribution in [0.5, 0.6) is 0 Å². The Morgan fingerprint density at radius 3 is 2.88 bits per heavy atom. The van der Waals surface area contributed by atoms with Gasteiger partial charge in [0.1, 0.15) is 5.69 Å². The van der Waals surface area contributed by atoms with Gasteiger partial charge in [0, 0.05) is 23.0 Å². The molecule has 0 aliphatic carbocycles. The Bertz CT molecular complexity index is 555. The van der Waals surface area contributed by atoms with Gasteiger partial charge in [-0.05, 0) is 6.07 Å². The molecule has 1 aromatic carbocycles. The number of hydrogen-bond donors (Lipinski definition) is 3. The Hall–Kier alpha value is -2.07. The molecular weight excluding hydrogens is 204 g/mol. The molecule has 1 heterocycles. The van der Waals surface area contributed by atoms with E-state index in [1.54, 1.807) is 12.2 Å². The van der Waals surface area contributed by atoms with Gasteiger partial charge < -0.3 is 15.8 Å². The molecule has 4 N–H and O–H groups in total. The smallest absolute Gasteiger partial charge is 0.352 e. The topological polar surface area (TPSA) is 79.1 Å². The van der Waals surface area contributed by atoms with Crippen LogP contribution in [-0.4, -0.2) is 22.6 Å². The molecule has 0 saturated heterocycles. The summed E-state index contributed by atoms with van der Waals surface area (Å²) >= 11 is 0. The van der Waals surface area contributed by atoms with Crippen LogP contribution in [0.2, 0.25) is 0 Å². The van der Waals surface area contributed by atoms with E-state index in [-0.39, 0.29) is 5.69 Å². The predicted octanol–water partition coefficient (Wildman–Crippen LogP) is 1.84. The Kier molecular flexibility index (Phi) is 2.74. The minimum atomic E-state index is -0.965. The van der Waals surface area contributed by atoms with Gasteiger partial charge in [0.15, 0.2) is 0 Å². The number of rotatable bonds is 3. The van der Waals surface area contributed by atoms with Crippen LogP contribution in [0.1, 0.15) is 16.1 Å². The molecule has 0 radical (unpaired) electrons. The molecule has 0 atom stereocenters. The van der Waals surface area contributed by atoms with Crippen LogP contribution in [0.15, 0.2) is 30.3 Å². The van der Waals surface area contributed by atoms with Crippen molar-refractivity contribution in [3.8, 4) is 0 Å². The third kappa shape index (κ3) is 1.70. The van der Waals surface area contributed by atoms with Crippen LogP contribution in [-0.2, 0) is 0 Å². The largest absolute Gasteiger partial charge is 0.477 e. The molecule has 0 saturated carbocycles. The van der Waals surface area contributed by atoms with Crippen molar-refractivity contribution in [1.29, 1.82) is 0 Å². The second kappa shape index (κ2) is 4.20. The summed E-state index contributed by atoms with van der Waals surface area (Å²) in [5, 5.41) is 9.96. The molecule has 0 bridgehead atoms. The monoisotopic (exact) mass is 216 g/mol. The number of carboxylic acids is 1. The van der Waals surface area contributed by atoms with E-state index in [0.29, 0.717) is 12.1 Å². The number of nitrogens with one attached hydrogen (secondary N) is 1. The van der Waals surface area contributed by atoms with E-state index in [2.05, 4.69) is 4.98 Å². The van der Waals surface area contributed by atoms with Crippen LogP contribution in [0.3, 0.4) is 0 Å². The van der Waals surface area contributed by atoms with Gasteiger partial charge in [0.2, 0.25) is 0 Å². The Labute approximate surface area is 92.4 Å². The summed E-state index contributed by atoms with van der Waals surface area (Å²) in [5.41, 5.74) is 7.06. The van der Waals surface area contributed by atoms with Crippen molar-refractivity contribution in [3.05, 3.63) is 41.6 Å². The number of H-pyrrole nitrogens is 1. The zero-order chi connectivity index (χ0) is 11.5. The molecule has 1 aromatic heterocycles. The van der Waals surface area contributed by atoms with Gasteiger partial charge in [-0.25, -0.2) is 4.79 Å². The number of benzene rings is 1. The van der Waals surface area contributed by atoms with Crippen LogP contribution in [0, 0.1) is 0 Å². The van der Waals surface area contributed by atoms with E-state index in [9.17, 15) is 4.79 Å². The summed E-state index contributed by atoms with van der Waals surface area (Å²) in [4.78, 5) is 13.9. The Morgan fingerprint density at radius 1 is 1.44 bits per heavy atom. The highest BCUT2D eigenvalue weighted by molar-refractivity contribution is 6.01. The maximum atomic E-state index is 11.1. The van der Waals surface area contributed by atoms with Crippen molar-refractivity contribution in [2.45, 2.75) is 0 Å². The SMILES string of the molecule is NCC=Cc1c(C(=O)O)[nH]c2ccccc12. The van der Waals surface area contributed by atoms with Crippen molar-refractivity contribution >= 4 is 22.9 Å². The quantitative estimate of drug-likeness (QED) is 0.732. The van der Waals surface area contributed by atoms with Crippen molar-refractivity contribution in [2.75, 3.05) is 6.54 Å². The normalized spacial score (nSPS) is 11.3. The first-order chi connectivity index (χ1) is 7.74. The lowest BCUT2D eigenvalue weighted by Crippen LogP contribution is -1.99. The average Bonchev–Trinajstić information content (AvgIpc) is 2.65. The first-order valence-electron chi connectivity index (χ1n) is 4.94. The van der Waals surface area contributed by atoms with Gasteiger partial charge in [-0.2, -0.15) is 0 Å². The summed E-state index contributed by atoms with van der Waals surface area (Å²) in [5.74, 6) is -0.965. The highest BCUT2D eigenvalue weighted by Gasteiger charge is 2.13. The first-order valence-corrected chi connectivity index (χ1v) is 4.94. The maximum Gasteiger partial charge on any atom is 0.352 e. The summed E-state index contributed by atoms with van der Waals surface area (Å²) in [6.45, 7) is 0.387. The number of hydrogen-bond acceptors (Lipinski definition) is 2. The summed E-state index contributed by atoms with van der Waals surface area (Å²) in [6, 6.07) is 7.47. The molecule has 82 valence electrons. The molecule has 16 heavy (non-hydrogen) atoms. The fourth-order valence-corrected chi connectivity index (χ4v) is 1.69. The number of carbonyl (C=O) groups is 1. The summed E-state index contributed by atoms with van der Waals surface area (Å²) < 4.78 is 0. The molecule has 2 aromatic rings. The number of nitrogens with two attached hydrogens (primary N) is 1. The van der Waals surface area contributed by atoms with Crippen LogP contribution >= 0.6 is 0 Å². The molecular formula is C12H12N2O2. The van der Waals surface area contributed by atoms with E-state index in [1.807, 2.05) is 24.3 Å². The number of carboxylic acid groups (broad SMARTS) is 1. The van der Waals surface area contributed by atoms with Crippen LogP contribution in [0.25, 0.3) is 17.0 Å². The second-order valence-electron chi connectivity index (χ2n) is 3.40. The third-order valence-corrected chi connectivity index (χ3v) is 2.38. The lowest BCUT2D eigenvalue weighted by molar-refractivity contribution is 0.0691. The van der Waals surface area contributed by atoms with E-state index in [4.69, 9.17) is 10.8 Å². The lowest BCUT2D eigenvalue weighted by Gasteiger charge is -1.93. The van der Waals surface area contributed by atoms with Crippen LogP contribution < -0.4 is 5.73 Å². The van der Waals surface area contributed by atoms with Crippen molar-refractivity contribution in [3.63, 3.8) is 0 Å². The van der Waals surface area contributed by atoms with Crippen molar-refractivity contribution < 1.29 is 9.90 Å². The van der Waals surface area contributed by atoms with E-state index < -0.39 is 5.97 Å². The third-order valence-electron chi connectivity index (χ3n) is 2.38. The predicted molar refractivity (Wildman–Crippen MR) is 63.3 cm³/mol. The van der Waals surface area contributed by atoms with Gasteiger partial charge in [-0.15, -0.1) is 0 Å². The van der Waals surface area contributed by atoms with Gasteiger partial charge >= 0.3 is 5.97 Å². The van der Waals surface area contributed by atoms with Gasteiger partial charge in [0.25, 0.3) is 0 Å². The molecule has 0 amide bonds. The minimum absolute atomic E-state index is 0.200. The minimum Gasteiger partial charge on any atom is -0.477 e. The van der Waals surface area contributed by atoms with Crippen LogP contribution in [0.4, 0.5) is 0 Å². The molecule has 0 fully saturated rings. The lowest BCUT2D eigenvalue weighted by atomic mass is 10.1. The molecule has 4 nitrogen and oxygen atoms in total. The highest BCUT2D eigenvalue weighted by Crippen LogP contribution is 2.23. The zero-order valence-electron chi connectivity index (χ0n) is 8.60. The molecule has 0 aliphatic rings. The van der Waals surface area contributed by atoms with Crippen molar-refractivity contribution in [2.24, 2.45) is 5.73 Å². The molecule has 0 unspecified atom stereocenters. The van der Waals surface area contributed by atoms with E-state index >= 15 is 0 Å². The van der Waals surface area contributed by atoms with Gasteiger partial charge in [-0.1, -0.05) is 30.4 Å². The summed E-state index contributed by atoms with van der Waals surface area (Å²) in [6.07, 6.45) is 3.48. The van der Waals surface area contributed by atoms with E-state index in [1.165, 1.54) is 0 Å². The number of aromatic amines is 1. The Morgan fingerprint density at radius 2 is 2.19 bits per heavy atom. The fraction of sp³-hybridized carbons (Fsp3) is 0.0833. The summed E-state index contributed by atoms with van der Waals surface area (Å²) in [7, 11) is 0. The molecule has 2 rings (SSSR count). The molecule has 0 aliphatic heterocycles. The number of para-hydroxylation sites is 1. The van der Waals surface area contributed by atoms with E-state index in [0.717, 1.165) is 10.9 Å². The number of aromatic carboxylic acids is 1. The fourth-order valence-electron chi connectivity index (χ4n) is 1.69. The highest BCUT2D eigenvalue weighted by atomic mass is 16.4. The standard InChI is InChI=1S/C12H12N2O2/c13-7-3-5-9-8-4-1-2-6-10(8)14-11(9)12(15)16/h1-6,14H,7,13H2,(H,15,16).